The van der Waals surface area contributed by atoms with Gasteiger partial charge in [0, 0.05) is 16.2 Å². The van der Waals surface area contributed by atoms with Crippen LogP contribution in [0.15, 0.2) is 30.3 Å². The summed E-state index contributed by atoms with van der Waals surface area (Å²) in [5.41, 5.74) is 0. The molecule has 5 nitrogen and oxygen atoms in total. The Morgan fingerprint density at radius 1 is 0.727 bits per heavy atom. The molecule has 0 aromatic heterocycles. The first kappa shape index (κ1) is 14.1. The van der Waals surface area contributed by atoms with Crippen LogP contribution < -0.4 is 14.2 Å². The maximum atomic E-state index is 10.3. The van der Waals surface area contributed by atoms with Crippen molar-refractivity contribution in [1.29, 1.82) is 0 Å². The van der Waals surface area contributed by atoms with Gasteiger partial charge in [-0.25, -0.2) is 0 Å². The number of hydrogen-bond acceptors (Lipinski definition) is 5. The number of rotatable bonds is 3. The van der Waals surface area contributed by atoms with E-state index in [1.165, 1.54) is 14.2 Å². The van der Waals surface area contributed by atoms with E-state index in [-0.39, 0.29) is 17.2 Å². The summed E-state index contributed by atoms with van der Waals surface area (Å²) in [7, 11) is 4.48. The molecule has 0 bridgehead atoms. The molecule has 0 spiro atoms. The van der Waals surface area contributed by atoms with Gasteiger partial charge in [0.05, 0.1) is 21.3 Å². The predicted molar refractivity (Wildman–Crippen MR) is 84.4 cm³/mol. The second kappa shape index (κ2) is 5.18. The second-order valence-corrected chi connectivity index (χ2v) is 4.81. The number of benzene rings is 3. The number of phenolic OH excluding ortho intramolecular Hbond substituents is 2. The summed E-state index contributed by atoms with van der Waals surface area (Å²) in [5.74, 6) is 0.490. The number of fused-ring (bicyclic) bond motifs is 3. The van der Waals surface area contributed by atoms with Gasteiger partial charge in [0.1, 0.15) is 5.75 Å². The molecule has 5 heteroatoms. The lowest BCUT2D eigenvalue weighted by Gasteiger charge is -2.17. The first-order valence-electron chi connectivity index (χ1n) is 6.69. The molecular formula is C17H16O5. The highest BCUT2D eigenvalue weighted by Gasteiger charge is 2.23. The van der Waals surface area contributed by atoms with Crippen LogP contribution in [0.3, 0.4) is 0 Å². The van der Waals surface area contributed by atoms with Gasteiger partial charge in [0.15, 0.2) is 11.5 Å². The van der Waals surface area contributed by atoms with E-state index >= 15 is 0 Å². The molecule has 0 fully saturated rings. The topological polar surface area (TPSA) is 68.2 Å². The molecule has 0 saturated carbocycles. The van der Waals surface area contributed by atoms with Gasteiger partial charge in [0.2, 0.25) is 11.5 Å². The van der Waals surface area contributed by atoms with E-state index in [4.69, 9.17) is 14.2 Å². The zero-order chi connectivity index (χ0) is 15.9. The zero-order valence-corrected chi connectivity index (χ0v) is 12.5. The Balaban J connectivity index is 2.65. The quantitative estimate of drug-likeness (QED) is 0.573. The van der Waals surface area contributed by atoms with E-state index in [1.54, 1.807) is 13.2 Å². The van der Waals surface area contributed by atoms with Gasteiger partial charge in [0.25, 0.3) is 0 Å². The van der Waals surface area contributed by atoms with Crippen molar-refractivity contribution in [2.45, 2.75) is 0 Å². The molecular weight excluding hydrogens is 284 g/mol. The van der Waals surface area contributed by atoms with Crippen molar-refractivity contribution < 1.29 is 24.4 Å². The smallest absolute Gasteiger partial charge is 0.207 e. The van der Waals surface area contributed by atoms with Crippen molar-refractivity contribution >= 4 is 21.5 Å². The highest BCUT2D eigenvalue weighted by Crippen LogP contribution is 2.52. The standard InChI is InChI=1S/C17H16O5/c1-20-11-6-4-5-9-7-8-10-13(12(9)11)16(21-2)17(22-3)15(19)14(10)18/h4-8,18-19H,1-3H3. The van der Waals surface area contributed by atoms with Crippen molar-refractivity contribution in [2.75, 3.05) is 21.3 Å². The maximum Gasteiger partial charge on any atom is 0.207 e. The molecule has 114 valence electrons. The Hall–Kier alpha value is -2.82. The minimum Gasteiger partial charge on any atom is -0.504 e. The molecule has 0 atom stereocenters. The van der Waals surface area contributed by atoms with Crippen LogP contribution in [-0.2, 0) is 0 Å². The Morgan fingerprint density at radius 3 is 2.09 bits per heavy atom. The number of hydrogen-bond donors (Lipinski definition) is 2. The third-order valence-corrected chi connectivity index (χ3v) is 3.76. The van der Waals surface area contributed by atoms with Crippen LogP contribution in [-0.4, -0.2) is 31.5 Å². The van der Waals surface area contributed by atoms with Crippen LogP contribution in [0, 0.1) is 0 Å². The summed E-state index contributed by atoms with van der Waals surface area (Å²) in [6, 6.07) is 9.24. The number of ether oxygens (including phenoxy) is 3. The summed E-state index contributed by atoms with van der Waals surface area (Å²) in [6.07, 6.45) is 0. The van der Waals surface area contributed by atoms with Crippen LogP contribution in [0.1, 0.15) is 0 Å². The van der Waals surface area contributed by atoms with Gasteiger partial charge in [-0.15, -0.1) is 0 Å². The molecule has 2 N–H and O–H groups in total. The van der Waals surface area contributed by atoms with Gasteiger partial charge in [-0.2, -0.15) is 0 Å². The normalized spacial score (nSPS) is 10.9. The van der Waals surface area contributed by atoms with E-state index in [0.717, 1.165) is 10.8 Å². The summed E-state index contributed by atoms with van der Waals surface area (Å²) >= 11 is 0. The first-order chi connectivity index (χ1) is 10.6. The average Bonchev–Trinajstić information content (AvgIpc) is 2.56. The van der Waals surface area contributed by atoms with E-state index in [0.29, 0.717) is 22.3 Å². The van der Waals surface area contributed by atoms with Crippen molar-refractivity contribution in [3.8, 4) is 28.7 Å². The Bertz CT molecular complexity index is 870. The first-order valence-corrected chi connectivity index (χ1v) is 6.69. The summed E-state index contributed by atoms with van der Waals surface area (Å²) < 4.78 is 16.1. The maximum absolute atomic E-state index is 10.3. The highest BCUT2D eigenvalue weighted by atomic mass is 16.5. The van der Waals surface area contributed by atoms with Crippen LogP contribution in [0.4, 0.5) is 0 Å². The third-order valence-electron chi connectivity index (χ3n) is 3.76. The van der Waals surface area contributed by atoms with Crippen LogP contribution in [0.2, 0.25) is 0 Å². The van der Waals surface area contributed by atoms with Crippen molar-refractivity contribution in [1.82, 2.24) is 0 Å². The fraction of sp³-hybridized carbons (Fsp3) is 0.176. The van der Waals surface area contributed by atoms with Gasteiger partial charge in [-0.1, -0.05) is 18.2 Å². The third kappa shape index (κ3) is 1.79. The lowest BCUT2D eigenvalue weighted by atomic mass is 9.98. The zero-order valence-electron chi connectivity index (χ0n) is 12.5. The van der Waals surface area contributed by atoms with Crippen LogP contribution >= 0.6 is 0 Å². The lowest BCUT2D eigenvalue weighted by Crippen LogP contribution is -1.95. The number of aromatic hydroxyl groups is 2. The minimum absolute atomic E-state index is 0.0888. The van der Waals surface area contributed by atoms with Crippen molar-refractivity contribution in [3.05, 3.63) is 30.3 Å². The summed E-state index contributed by atoms with van der Waals surface area (Å²) in [6.45, 7) is 0. The van der Waals surface area contributed by atoms with E-state index in [2.05, 4.69) is 0 Å². The predicted octanol–water partition coefficient (Wildman–Crippen LogP) is 3.43. The molecule has 3 rings (SSSR count). The van der Waals surface area contributed by atoms with Gasteiger partial charge >= 0.3 is 0 Å². The van der Waals surface area contributed by atoms with E-state index in [9.17, 15) is 10.2 Å². The molecule has 0 saturated heterocycles. The molecule has 3 aromatic rings. The number of methoxy groups -OCH3 is 3. The van der Waals surface area contributed by atoms with Crippen LogP contribution in [0.5, 0.6) is 28.7 Å². The fourth-order valence-electron chi connectivity index (χ4n) is 2.79. The fourth-order valence-corrected chi connectivity index (χ4v) is 2.79. The molecule has 0 aliphatic heterocycles. The number of phenols is 2. The van der Waals surface area contributed by atoms with Crippen LogP contribution in [0.25, 0.3) is 21.5 Å². The Morgan fingerprint density at radius 2 is 1.45 bits per heavy atom. The van der Waals surface area contributed by atoms with Gasteiger partial charge < -0.3 is 24.4 Å². The highest BCUT2D eigenvalue weighted by molar-refractivity contribution is 6.16. The molecule has 22 heavy (non-hydrogen) atoms. The van der Waals surface area contributed by atoms with E-state index < -0.39 is 0 Å². The molecule has 0 heterocycles. The Labute approximate surface area is 127 Å². The molecule has 0 aliphatic rings. The molecule has 0 unspecified atom stereocenters. The molecule has 0 amide bonds. The second-order valence-electron chi connectivity index (χ2n) is 4.81. The van der Waals surface area contributed by atoms with Gasteiger partial charge in [-0.05, 0) is 17.5 Å². The SMILES string of the molecule is COc1c(O)c(O)c2ccc3cccc(OC)c3c2c1OC. The molecule has 0 aliphatic carbocycles. The lowest BCUT2D eigenvalue weighted by molar-refractivity contribution is 0.325. The monoisotopic (exact) mass is 300 g/mol. The Kier molecular flexibility index (Phi) is 3.33. The average molecular weight is 300 g/mol. The van der Waals surface area contributed by atoms with Gasteiger partial charge in [-0.3, -0.25) is 0 Å². The summed E-state index contributed by atoms with van der Waals surface area (Å²) in [4.78, 5) is 0. The van der Waals surface area contributed by atoms with Crippen molar-refractivity contribution in [3.63, 3.8) is 0 Å². The summed E-state index contributed by atoms with van der Waals surface area (Å²) in [5, 5.41) is 23.2. The van der Waals surface area contributed by atoms with E-state index in [1.807, 2.05) is 24.3 Å². The molecule has 0 radical (unpaired) electrons. The largest absolute Gasteiger partial charge is 0.504 e. The molecule has 3 aromatic carbocycles. The minimum atomic E-state index is -0.346. The van der Waals surface area contributed by atoms with Crippen molar-refractivity contribution in [2.24, 2.45) is 0 Å².